The van der Waals surface area contributed by atoms with E-state index in [1.807, 2.05) is 32.5 Å². The molecule has 0 aliphatic carbocycles. The topological polar surface area (TPSA) is 56.7 Å². The Hall–Kier alpha value is -0.180. The molecule has 1 fully saturated rings. The number of nitrogens with one attached hydrogen (secondary N) is 2. The number of guanidine groups is 1. The van der Waals surface area contributed by atoms with E-state index in [9.17, 15) is 4.79 Å². The number of hydrogen-bond acceptors (Lipinski definition) is 3. The molecule has 0 saturated carbocycles. The van der Waals surface area contributed by atoms with Gasteiger partial charge in [0.05, 0.1) is 6.54 Å². The molecule has 130 valence electrons. The lowest BCUT2D eigenvalue weighted by molar-refractivity contribution is -0.121. The molecule has 0 aromatic heterocycles. The van der Waals surface area contributed by atoms with E-state index in [0.29, 0.717) is 11.2 Å². The Balaban J connectivity index is 0.00000441. The van der Waals surface area contributed by atoms with Crippen molar-refractivity contribution in [2.24, 2.45) is 10.9 Å². The van der Waals surface area contributed by atoms with Crippen molar-refractivity contribution in [2.75, 3.05) is 32.4 Å². The van der Waals surface area contributed by atoms with Gasteiger partial charge in [0, 0.05) is 36.7 Å². The number of rotatable bonds is 3. The third-order valence-electron chi connectivity index (χ3n) is 3.27. The zero-order chi connectivity index (χ0) is 16.0. The molecule has 2 N–H and O–H groups in total. The first kappa shape index (κ1) is 21.8. The molecule has 1 aliphatic rings. The molecular formula is C15H31IN4OS. The normalized spacial score (nSPS) is 19.7. The maximum Gasteiger partial charge on any atom is 0.239 e. The summed E-state index contributed by atoms with van der Waals surface area (Å²) in [6.45, 7) is 12.7. The Bertz CT molecular complexity index is 382. The van der Waals surface area contributed by atoms with E-state index in [1.54, 1.807) is 7.05 Å². The fraction of sp³-hybridized carbons (Fsp3) is 0.867. The Morgan fingerprint density at radius 1 is 1.41 bits per heavy atom. The van der Waals surface area contributed by atoms with Gasteiger partial charge >= 0.3 is 0 Å². The molecule has 1 amide bonds. The highest BCUT2D eigenvalue weighted by Crippen LogP contribution is 2.24. The summed E-state index contributed by atoms with van der Waals surface area (Å²) in [5.41, 5.74) is -0.202. The molecule has 5 nitrogen and oxygen atoms in total. The quantitative estimate of drug-likeness (QED) is 0.400. The van der Waals surface area contributed by atoms with Gasteiger partial charge in [-0.05, 0) is 26.7 Å². The third-order valence-corrected chi connectivity index (χ3v) is 4.81. The van der Waals surface area contributed by atoms with Gasteiger partial charge in [-0.15, -0.1) is 24.0 Å². The molecule has 1 heterocycles. The largest absolute Gasteiger partial charge is 0.350 e. The standard InChI is InChI=1S/C15H30N4OS.HI/c1-11(2)12-10-19(7-8-21-12)14(16-6)17-9-13(20)18-15(3,4)5;/h11-12H,7-10H2,1-6H3,(H,16,17)(H,18,20);1H. The molecule has 22 heavy (non-hydrogen) atoms. The van der Waals surface area contributed by atoms with E-state index in [4.69, 9.17) is 0 Å². The van der Waals surface area contributed by atoms with E-state index in [-0.39, 0.29) is 42.0 Å². The van der Waals surface area contributed by atoms with E-state index in [1.165, 1.54) is 0 Å². The van der Waals surface area contributed by atoms with Gasteiger partial charge in [0.1, 0.15) is 0 Å². The first-order valence-corrected chi connectivity index (χ1v) is 8.66. The Labute approximate surface area is 156 Å². The molecular weight excluding hydrogens is 411 g/mol. The predicted octanol–water partition coefficient (Wildman–Crippen LogP) is 2.17. The summed E-state index contributed by atoms with van der Waals surface area (Å²) in [6, 6.07) is 0. The van der Waals surface area contributed by atoms with Crippen LogP contribution in [0.4, 0.5) is 0 Å². The number of halogens is 1. The molecule has 1 rings (SSSR count). The van der Waals surface area contributed by atoms with Gasteiger partial charge in [0.25, 0.3) is 0 Å². The number of hydrogen-bond donors (Lipinski definition) is 2. The minimum atomic E-state index is -0.202. The molecule has 7 heteroatoms. The highest BCUT2D eigenvalue weighted by molar-refractivity contribution is 14.0. The fourth-order valence-corrected chi connectivity index (χ4v) is 3.52. The number of aliphatic imine (C=N–C) groups is 1. The minimum absolute atomic E-state index is 0. The van der Waals surface area contributed by atoms with Crippen LogP contribution in [0.15, 0.2) is 4.99 Å². The van der Waals surface area contributed by atoms with Gasteiger partial charge < -0.3 is 15.5 Å². The van der Waals surface area contributed by atoms with Crippen molar-refractivity contribution >= 4 is 47.6 Å². The lowest BCUT2D eigenvalue weighted by Crippen LogP contribution is -2.52. The van der Waals surface area contributed by atoms with Gasteiger partial charge in [-0.3, -0.25) is 9.79 Å². The van der Waals surface area contributed by atoms with Crippen LogP contribution in [0.2, 0.25) is 0 Å². The SMILES string of the molecule is CN=C(NCC(=O)NC(C)(C)C)N1CCSC(C(C)C)C1.I. The van der Waals surface area contributed by atoms with Crippen LogP contribution in [-0.4, -0.2) is 60.0 Å². The number of thioether (sulfide) groups is 1. The van der Waals surface area contributed by atoms with Crippen LogP contribution in [0.5, 0.6) is 0 Å². The van der Waals surface area contributed by atoms with Crippen LogP contribution in [0.1, 0.15) is 34.6 Å². The van der Waals surface area contributed by atoms with Crippen molar-refractivity contribution in [1.29, 1.82) is 0 Å². The second-order valence-corrected chi connectivity index (χ2v) is 8.15. The van der Waals surface area contributed by atoms with E-state index >= 15 is 0 Å². The monoisotopic (exact) mass is 442 g/mol. The maximum atomic E-state index is 11.9. The number of nitrogens with zero attached hydrogens (tertiary/aromatic N) is 2. The zero-order valence-corrected chi connectivity index (χ0v) is 17.7. The fourth-order valence-electron chi connectivity index (χ4n) is 2.23. The summed E-state index contributed by atoms with van der Waals surface area (Å²) in [5.74, 6) is 2.58. The van der Waals surface area contributed by atoms with Crippen molar-refractivity contribution in [3.8, 4) is 0 Å². The van der Waals surface area contributed by atoms with Crippen LogP contribution in [0.25, 0.3) is 0 Å². The molecule has 1 unspecified atom stereocenters. The van der Waals surface area contributed by atoms with Gasteiger partial charge in [-0.2, -0.15) is 11.8 Å². The highest BCUT2D eigenvalue weighted by atomic mass is 127. The summed E-state index contributed by atoms with van der Waals surface area (Å²) in [5, 5.41) is 6.75. The van der Waals surface area contributed by atoms with Crippen LogP contribution in [-0.2, 0) is 4.79 Å². The molecule has 0 radical (unpaired) electrons. The molecule has 1 atom stereocenters. The minimum Gasteiger partial charge on any atom is -0.350 e. The van der Waals surface area contributed by atoms with Crippen LogP contribution >= 0.6 is 35.7 Å². The smallest absolute Gasteiger partial charge is 0.239 e. The average molecular weight is 442 g/mol. The molecule has 0 aromatic rings. The summed E-state index contributed by atoms with van der Waals surface area (Å²) in [6.07, 6.45) is 0. The first-order valence-electron chi connectivity index (χ1n) is 7.61. The van der Waals surface area contributed by atoms with Crippen molar-refractivity contribution in [2.45, 2.75) is 45.4 Å². The molecule has 0 bridgehead atoms. The van der Waals surface area contributed by atoms with Crippen molar-refractivity contribution in [1.82, 2.24) is 15.5 Å². The predicted molar refractivity (Wildman–Crippen MR) is 107 cm³/mol. The van der Waals surface area contributed by atoms with E-state index in [2.05, 4.69) is 34.4 Å². The molecule has 0 aromatic carbocycles. The number of carbonyl (C=O) groups excluding carboxylic acids is 1. The lowest BCUT2D eigenvalue weighted by atomic mass is 10.1. The first-order chi connectivity index (χ1) is 9.73. The van der Waals surface area contributed by atoms with E-state index in [0.717, 1.165) is 24.8 Å². The zero-order valence-electron chi connectivity index (χ0n) is 14.6. The van der Waals surface area contributed by atoms with Crippen molar-refractivity contribution < 1.29 is 4.79 Å². The van der Waals surface area contributed by atoms with Gasteiger partial charge in [0.2, 0.25) is 5.91 Å². The molecule has 1 aliphatic heterocycles. The summed E-state index contributed by atoms with van der Waals surface area (Å²) < 4.78 is 0. The summed E-state index contributed by atoms with van der Waals surface area (Å²) in [7, 11) is 1.77. The lowest BCUT2D eigenvalue weighted by Gasteiger charge is -2.36. The van der Waals surface area contributed by atoms with Crippen molar-refractivity contribution in [3.05, 3.63) is 0 Å². The Kier molecular flexibility index (Phi) is 9.77. The Morgan fingerprint density at radius 2 is 2.05 bits per heavy atom. The van der Waals surface area contributed by atoms with Crippen LogP contribution in [0, 0.1) is 5.92 Å². The third kappa shape index (κ3) is 7.89. The number of amides is 1. The summed E-state index contributed by atoms with van der Waals surface area (Å²) >= 11 is 2.03. The second kappa shape index (κ2) is 9.85. The molecule has 0 spiro atoms. The van der Waals surface area contributed by atoms with Gasteiger partial charge in [0.15, 0.2) is 5.96 Å². The highest BCUT2D eigenvalue weighted by Gasteiger charge is 2.25. The van der Waals surface area contributed by atoms with E-state index < -0.39 is 0 Å². The van der Waals surface area contributed by atoms with Crippen LogP contribution < -0.4 is 10.6 Å². The summed E-state index contributed by atoms with van der Waals surface area (Å²) in [4.78, 5) is 18.5. The van der Waals surface area contributed by atoms with Gasteiger partial charge in [-0.1, -0.05) is 13.8 Å². The van der Waals surface area contributed by atoms with Crippen molar-refractivity contribution in [3.63, 3.8) is 0 Å². The average Bonchev–Trinajstić information content (AvgIpc) is 2.37. The van der Waals surface area contributed by atoms with Gasteiger partial charge in [-0.25, -0.2) is 0 Å². The second-order valence-electron chi connectivity index (χ2n) is 6.80. The maximum absolute atomic E-state index is 11.9. The van der Waals surface area contributed by atoms with Crippen LogP contribution in [0.3, 0.4) is 0 Å². The molecule has 1 saturated heterocycles. The number of carbonyl (C=O) groups is 1. The Morgan fingerprint density at radius 3 is 2.55 bits per heavy atom.